The Morgan fingerprint density at radius 2 is 2.15 bits per heavy atom. The average molecular weight is 462 g/mol. The van der Waals surface area contributed by atoms with Gasteiger partial charge in [0.25, 0.3) is 5.91 Å². The van der Waals surface area contributed by atoms with Gasteiger partial charge in [0.2, 0.25) is 0 Å². The van der Waals surface area contributed by atoms with Crippen molar-refractivity contribution >= 4 is 28.6 Å². The Labute approximate surface area is 197 Å². The number of nitrogens with one attached hydrogen (secondary N) is 1. The summed E-state index contributed by atoms with van der Waals surface area (Å²) in [6.07, 6.45) is 8.35. The Bertz CT molecular complexity index is 1270. The number of methoxy groups -OCH3 is 1. The fraction of sp³-hybridized carbons (Fsp3) is 0.308. The van der Waals surface area contributed by atoms with E-state index in [1.807, 2.05) is 42.5 Å². The molecule has 0 saturated heterocycles. The Kier molecular flexibility index (Phi) is 6.30. The van der Waals surface area contributed by atoms with Crippen LogP contribution in [0, 0.1) is 0 Å². The number of carbonyl (C=O) groups excluding carboxylic acids is 1. The first-order valence-corrected chi connectivity index (χ1v) is 12.2. The van der Waals surface area contributed by atoms with Crippen molar-refractivity contribution in [3.05, 3.63) is 64.3 Å². The van der Waals surface area contributed by atoms with E-state index in [4.69, 9.17) is 14.5 Å². The highest BCUT2D eigenvalue weighted by molar-refractivity contribution is 7.07. The zero-order valence-electron chi connectivity index (χ0n) is 18.7. The number of thiazole rings is 1. The number of hydrogen-bond acceptors (Lipinski definition) is 5. The standard InChI is InChI=1S/C26H27N3O3S/c1-31-21-9-5-8-20(15-21)27-26-29(13-12-18-6-3-2-4-7-18)23(17-33-26)19-10-11-24-22(14-19)28-25(30)16-32-24/h5-6,8-11,14-15,17H,2-4,7,12-13,16H2,1H3,(H,28,30). The van der Waals surface area contributed by atoms with Crippen molar-refractivity contribution in [2.24, 2.45) is 4.99 Å². The second-order valence-electron chi connectivity index (χ2n) is 8.27. The minimum Gasteiger partial charge on any atom is -0.497 e. The van der Waals surface area contributed by atoms with Gasteiger partial charge in [-0.05, 0) is 62.4 Å². The van der Waals surface area contributed by atoms with Crippen LogP contribution in [0.25, 0.3) is 11.3 Å². The summed E-state index contributed by atoms with van der Waals surface area (Å²) in [4.78, 5) is 17.7. The summed E-state index contributed by atoms with van der Waals surface area (Å²) in [5.74, 6) is 1.36. The molecule has 0 saturated carbocycles. The van der Waals surface area contributed by atoms with Gasteiger partial charge >= 0.3 is 0 Å². The average Bonchev–Trinajstić information content (AvgIpc) is 3.25. The van der Waals surface area contributed by atoms with Crippen LogP contribution in [-0.4, -0.2) is 24.2 Å². The van der Waals surface area contributed by atoms with E-state index in [1.165, 1.54) is 31.3 Å². The third-order valence-corrected chi connectivity index (χ3v) is 6.89. The normalized spacial score (nSPS) is 16.0. The maximum atomic E-state index is 11.8. The molecule has 1 amide bonds. The Balaban J connectivity index is 1.54. The molecule has 1 aromatic heterocycles. The highest BCUT2D eigenvalue weighted by Gasteiger charge is 2.18. The van der Waals surface area contributed by atoms with E-state index < -0.39 is 0 Å². The summed E-state index contributed by atoms with van der Waals surface area (Å²) in [6, 6.07) is 13.8. The summed E-state index contributed by atoms with van der Waals surface area (Å²) in [5, 5.41) is 5.06. The smallest absolute Gasteiger partial charge is 0.262 e. The maximum Gasteiger partial charge on any atom is 0.262 e. The first-order valence-electron chi connectivity index (χ1n) is 11.3. The summed E-state index contributed by atoms with van der Waals surface area (Å²) in [5.41, 5.74) is 5.22. The zero-order valence-corrected chi connectivity index (χ0v) is 19.5. The number of aromatic nitrogens is 1. The number of carbonyl (C=O) groups is 1. The van der Waals surface area contributed by atoms with Crippen molar-refractivity contribution in [1.82, 2.24) is 4.57 Å². The van der Waals surface area contributed by atoms with E-state index in [1.54, 1.807) is 18.4 Å². The van der Waals surface area contributed by atoms with Crippen molar-refractivity contribution in [2.75, 3.05) is 19.0 Å². The fourth-order valence-corrected chi connectivity index (χ4v) is 5.24. The molecule has 0 atom stereocenters. The molecule has 6 nitrogen and oxygen atoms in total. The van der Waals surface area contributed by atoms with Crippen LogP contribution < -0.4 is 19.6 Å². The van der Waals surface area contributed by atoms with Crippen molar-refractivity contribution in [2.45, 2.75) is 38.6 Å². The number of anilines is 1. The second kappa shape index (κ2) is 9.67. The van der Waals surface area contributed by atoms with Crippen LogP contribution in [0.4, 0.5) is 11.4 Å². The molecule has 2 aromatic carbocycles. The highest BCUT2D eigenvalue weighted by Crippen LogP contribution is 2.33. The highest BCUT2D eigenvalue weighted by atomic mass is 32.1. The third kappa shape index (κ3) is 4.88. The Morgan fingerprint density at radius 1 is 1.21 bits per heavy atom. The minimum atomic E-state index is -0.129. The molecule has 2 heterocycles. The van der Waals surface area contributed by atoms with E-state index in [2.05, 4.69) is 21.3 Å². The molecule has 170 valence electrons. The summed E-state index contributed by atoms with van der Waals surface area (Å²) < 4.78 is 13.2. The molecule has 1 aliphatic heterocycles. The van der Waals surface area contributed by atoms with Gasteiger partial charge < -0.3 is 19.4 Å². The molecule has 3 aromatic rings. The van der Waals surface area contributed by atoms with Crippen molar-refractivity contribution < 1.29 is 14.3 Å². The lowest BCUT2D eigenvalue weighted by Crippen LogP contribution is -2.25. The monoisotopic (exact) mass is 461 g/mol. The van der Waals surface area contributed by atoms with Gasteiger partial charge in [-0.15, -0.1) is 11.3 Å². The summed E-state index contributed by atoms with van der Waals surface area (Å²) >= 11 is 1.62. The van der Waals surface area contributed by atoms with Crippen LogP contribution in [0.5, 0.6) is 11.5 Å². The van der Waals surface area contributed by atoms with Crippen molar-refractivity contribution in [3.8, 4) is 22.8 Å². The first-order chi connectivity index (χ1) is 16.2. The van der Waals surface area contributed by atoms with Gasteiger partial charge in [-0.3, -0.25) is 4.79 Å². The molecule has 0 spiro atoms. The number of benzene rings is 2. The molecular weight excluding hydrogens is 434 g/mol. The first kappa shape index (κ1) is 21.5. The fourth-order valence-electron chi connectivity index (χ4n) is 4.29. The minimum absolute atomic E-state index is 0.0590. The molecular formula is C26H27N3O3S. The number of fused-ring (bicyclic) bond motifs is 1. The molecule has 2 aliphatic rings. The van der Waals surface area contributed by atoms with Gasteiger partial charge in [-0.25, -0.2) is 4.99 Å². The Hall–Kier alpha value is -3.32. The van der Waals surface area contributed by atoms with Crippen LogP contribution in [0.1, 0.15) is 32.1 Å². The SMILES string of the molecule is COc1cccc(N=c2scc(-c3ccc4c(c3)NC(=O)CO4)n2CCC2=CCCCC2)c1. The van der Waals surface area contributed by atoms with E-state index in [9.17, 15) is 4.79 Å². The maximum absolute atomic E-state index is 11.8. The molecule has 5 rings (SSSR count). The van der Waals surface area contributed by atoms with E-state index >= 15 is 0 Å². The molecule has 0 bridgehead atoms. The topological polar surface area (TPSA) is 64.8 Å². The van der Waals surface area contributed by atoms with Gasteiger partial charge in [-0.2, -0.15) is 0 Å². The molecule has 1 aliphatic carbocycles. The second-order valence-corrected chi connectivity index (χ2v) is 9.11. The predicted molar refractivity (Wildman–Crippen MR) is 131 cm³/mol. The van der Waals surface area contributed by atoms with Gasteiger partial charge in [0, 0.05) is 23.6 Å². The summed E-state index contributed by atoms with van der Waals surface area (Å²) in [7, 11) is 1.67. The van der Waals surface area contributed by atoms with Gasteiger partial charge in [-0.1, -0.05) is 17.7 Å². The lowest BCUT2D eigenvalue weighted by molar-refractivity contribution is -0.118. The van der Waals surface area contributed by atoms with Crippen LogP contribution >= 0.6 is 11.3 Å². The third-order valence-electron chi connectivity index (χ3n) is 6.03. The quantitative estimate of drug-likeness (QED) is 0.481. The van der Waals surface area contributed by atoms with Crippen molar-refractivity contribution in [1.29, 1.82) is 0 Å². The van der Waals surface area contributed by atoms with Gasteiger partial charge in [0.05, 0.1) is 24.2 Å². The van der Waals surface area contributed by atoms with Gasteiger partial charge in [0.1, 0.15) is 11.5 Å². The van der Waals surface area contributed by atoms with Crippen molar-refractivity contribution in [3.63, 3.8) is 0 Å². The Morgan fingerprint density at radius 3 is 3.00 bits per heavy atom. The molecule has 0 fully saturated rings. The zero-order chi connectivity index (χ0) is 22.6. The predicted octanol–water partition coefficient (Wildman–Crippen LogP) is 5.68. The lowest BCUT2D eigenvalue weighted by Gasteiger charge is -2.19. The van der Waals surface area contributed by atoms with Crippen LogP contribution in [0.2, 0.25) is 0 Å². The van der Waals surface area contributed by atoms with E-state index in [0.29, 0.717) is 11.4 Å². The number of rotatable bonds is 6. The summed E-state index contributed by atoms with van der Waals surface area (Å²) in [6.45, 7) is 0.914. The number of nitrogens with zero attached hydrogens (tertiary/aromatic N) is 2. The lowest BCUT2D eigenvalue weighted by atomic mass is 9.97. The largest absolute Gasteiger partial charge is 0.497 e. The number of amides is 1. The molecule has 33 heavy (non-hydrogen) atoms. The molecule has 0 unspecified atom stereocenters. The molecule has 1 N–H and O–H groups in total. The molecule has 7 heteroatoms. The van der Waals surface area contributed by atoms with E-state index in [0.717, 1.165) is 40.5 Å². The van der Waals surface area contributed by atoms with Gasteiger partial charge in [0.15, 0.2) is 11.4 Å². The van der Waals surface area contributed by atoms with Crippen LogP contribution in [0.3, 0.4) is 0 Å². The molecule has 0 radical (unpaired) electrons. The van der Waals surface area contributed by atoms with Crippen LogP contribution in [-0.2, 0) is 11.3 Å². The van der Waals surface area contributed by atoms with Crippen LogP contribution in [0.15, 0.2) is 64.5 Å². The number of ether oxygens (including phenoxy) is 2. The number of allylic oxidation sites excluding steroid dienone is 2. The number of hydrogen-bond donors (Lipinski definition) is 1. The van der Waals surface area contributed by atoms with E-state index in [-0.39, 0.29) is 12.5 Å².